The van der Waals surface area contributed by atoms with Crippen molar-refractivity contribution in [2.24, 2.45) is 5.92 Å². The molecule has 0 aliphatic rings. The predicted octanol–water partition coefficient (Wildman–Crippen LogP) is 2.00. The maximum Gasteiger partial charge on any atom is 0.399 e. The van der Waals surface area contributed by atoms with Gasteiger partial charge in [-0.15, -0.1) is 0 Å². The first-order chi connectivity index (χ1) is 6.99. The Balaban J connectivity index is 3.54. The van der Waals surface area contributed by atoms with Crippen LogP contribution in [0.1, 0.15) is 39.5 Å². The molecule has 0 rings (SSSR count). The Hall–Kier alpha value is -0.170. The summed E-state index contributed by atoms with van der Waals surface area (Å²) in [6.07, 6.45) is 4.34. The molecule has 0 heterocycles. The summed E-state index contributed by atoms with van der Waals surface area (Å²) < 4.78 is 37.6. The molecule has 0 spiro atoms. The lowest BCUT2D eigenvalue weighted by Crippen LogP contribution is -2.13. The molecule has 0 aliphatic heterocycles. The van der Waals surface area contributed by atoms with E-state index in [4.69, 9.17) is 9.29 Å². The first kappa shape index (κ1) is 14.8. The van der Waals surface area contributed by atoms with Crippen LogP contribution < -0.4 is 0 Å². The van der Waals surface area contributed by atoms with E-state index in [2.05, 4.69) is 18.0 Å². The van der Waals surface area contributed by atoms with Gasteiger partial charge in [0.25, 0.3) is 0 Å². The zero-order chi connectivity index (χ0) is 11.7. The van der Waals surface area contributed by atoms with E-state index < -0.39 is 17.2 Å². The number of hydrogen-bond donors (Lipinski definition) is 1. The quantitative estimate of drug-likeness (QED) is 0.379. The van der Waals surface area contributed by atoms with Crippen LogP contribution in [-0.2, 0) is 19.3 Å². The van der Waals surface area contributed by atoms with Crippen LogP contribution in [0.15, 0.2) is 0 Å². The summed E-state index contributed by atoms with van der Waals surface area (Å²) in [6, 6.07) is 0. The fourth-order valence-corrected chi connectivity index (χ4v) is 1.40. The van der Waals surface area contributed by atoms with E-state index in [1.54, 1.807) is 0 Å². The van der Waals surface area contributed by atoms with Gasteiger partial charge in [-0.2, -0.15) is 8.42 Å². The Bertz CT molecular complexity index is 237. The lowest BCUT2D eigenvalue weighted by atomic mass is 10.0. The van der Waals surface area contributed by atoms with Gasteiger partial charge in [-0.05, 0) is 12.3 Å². The van der Waals surface area contributed by atoms with Crippen molar-refractivity contribution >= 4 is 10.4 Å². The lowest BCUT2D eigenvalue weighted by molar-refractivity contribution is -0.00628. The van der Waals surface area contributed by atoms with Crippen molar-refractivity contribution in [2.45, 2.75) is 39.5 Å². The van der Waals surface area contributed by atoms with Crippen molar-refractivity contribution in [3.63, 3.8) is 0 Å². The van der Waals surface area contributed by atoms with E-state index >= 15 is 0 Å². The smallest absolute Gasteiger partial charge is 0.354 e. The van der Waals surface area contributed by atoms with Crippen molar-refractivity contribution in [2.75, 3.05) is 13.4 Å². The highest BCUT2D eigenvalue weighted by molar-refractivity contribution is 7.80. The average molecular weight is 240 g/mol. The minimum atomic E-state index is -4.37. The third-order valence-corrected chi connectivity index (χ3v) is 2.57. The molecule has 0 bridgehead atoms. The molecule has 0 aliphatic carbocycles. The van der Waals surface area contributed by atoms with Crippen molar-refractivity contribution in [3.8, 4) is 0 Å². The van der Waals surface area contributed by atoms with E-state index in [1.807, 2.05) is 0 Å². The van der Waals surface area contributed by atoms with E-state index in [-0.39, 0.29) is 0 Å². The van der Waals surface area contributed by atoms with Crippen LogP contribution in [0.4, 0.5) is 0 Å². The van der Waals surface area contributed by atoms with Crippen LogP contribution in [0.3, 0.4) is 0 Å². The maximum atomic E-state index is 10.2. The Morgan fingerprint density at radius 1 is 1.33 bits per heavy atom. The van der Waals surface area contributed by atoms with Crippen LogP contribution in [0, 0.1) is 5.92 Å². The third kappa shape index (κ3) is 10.1. The second-order valence-electron chi connectivity index (χ2n) is 3.45. The van der Waals surface area contributed by atoms with Crippen LogP contribution in [0.5, 0.6) is 0 Å². The Kier molecular flexibility index (Phi) is 7.95. The normalized spacial score (nSPS) is 14.1. The van der Waals surface area contributed by atoms with Crippen molar-refractivity contribution in [1.29, 1.82) is 0 Å². The highest BCUT2D eigenvalue weighted by atomic mass is 32.3. The number of hydrogen-bond acceptors (Lipinski definition) is 4. The molecule has 0 aromatic heterocycles. The van der Waals surface area contributed by atoms with Gasteiger partial charge in [-0.25, -0.2) is 4.18 Å². The average Bonchev–Trinajstić information content (AvgIpc) is 2.15. The largest absolute Gasteiger partial charge is 0.399 e. The van der Waals surface area contributed by atoms with Crippen molar-refractivity contribution < 1.29 is 21.9 Å². The van der Waals surface area contributed by atoms with Crippen molar-refractivity contribution in [1.82, 2.24) is 0 Å². The SMILES string of the molecule is CCCCC(CC)COCOS(=O)(=O)O. The molecule has 1 atom stereocenters. The fourth-order valence-electron chi connectivity index (χ4n) is 1.21. The summed E-state index contributed by atoms with van der Waals surface area (Å²) in [5.41, 5.74) is 0. The molecule has 1 unspecified atom stereocenters. The molecule has 0 aromatic carbocycles. The monoisotopic (exact) mass is 240 g/mol. The Morgan fingerprint density at radius 2 is 2.00 bits per heavy atom. The molecule has 0 radical (unpaired) electrons. The second kappa shape index (κ2) is 8.04. The van der Waals surface area contributed by atoms with Crippen molar-refractivity contribution in [3.05, 3.63) is 0 Å². The molecule has 92 valence electrons. The molecular formula is C9H20O5S. The van der Waals surface area contributed by atoms with Gasteiger partial charge < -0.3 is 4.74 Å². The summed E-state index contributed by atoms with van der Waals surface area (Å²) in [5.74, 6) is 0.426. The Morgan fingerprint density at radius 3 is 2.47 bits per heavy atom. The van der Waals surface area contributed by atoms with Crippen LogP contribution in [-0.4, -0.2) is 26.4 Å². The second-order valence-corrected chi connectivity index (χ2v) is 4.54. The van der Waals surface area contributed by atoms with Gasteiger partial charge >= 0.3 is 10.4 Å². The molecule has 6 heteroatoms. The van der Waals surface area contributed by atoms with Gasteiger partial charge in [-0.3, -0.25) is 4.55 Å². The van der Waals surface area contributed by atoms with E-state index in [9.17, 15) is 8.42 Å². The summed E-state index contributed by atoms with van der Waals surface area (Å²) in [5, 5.41) is 0. The molecule has 0 aromatic rings. The summed E-state index contributed by atoms with van der Waals surface area (Å²) in [4.78, 5) is 0. The van der Waals surface area contributed by atoms with Crippen LogP contribution >= 0.6 is 0 Å². The van der Waals surface area contributed by atoms with Gasteiger partial charge in [0.05, 0.1) is 6.61 Å². The molecule has 0 fully saturated rings. The molecule has 0 saturated carbocycles. The van der Waals surface area contributed by atoms with Gasteiger partial charge in [0.2, 0.25) is 0 Å². The first-order valence-corrected chi connectivity index (χ1v) is 6.55. The van der Waals surface area contributed by atoms with Gasteiger partial charge in [0, 0.05) is 0 Å². The van der Waals surface area contributed by atoms with Gasteiger partial charge in [-0.1, -0.05) is 33.1 Å². The van der Waals surface area contributed by atoms with E-state index in [0.29, 0.717) is 12.5 Å². The highest BCUT2D eigenvalue weighted by Crippen LogP contribution is 2.12. The number of ether oxygens (including phenoxy) is 1. The summed E-state index contributed by atoms with van der Waals surface area (Å²) in [7, 11) is -4.37. The van der Waals surface area contributed by atoms with Gasteiger partial charge in [0.1, 0.15) is 0 Å². The standard InChI is InChI=1S/C9H20O5S/c1-3-5-6-9(4-2)7-13-8-14-15(10,11)12/h9H,3-8H2,1-2H3,(H,10,11,12). The number of rotatable bonds is 9. The maximum absolute atomic E-state index is 10.2. The number of unbranched alkanes of at least 4 members (excludes halogenated alkanes) is 1. The molecule has 15 heavy (non-hydrogen) atoms. The molecule has 5 nitrogen and oxygen atoms in total. The predicted molar refractivity (Wildman–Crippen MR) is 56.8 cm³/mol. The first-order valence-electron chi connectivity index (χ1n) is 5.19. The van der Waals surface area contributed by atoms with E-state index in [1.165, 1.54) is 0 Å². The van der Waals surface area contributed by atoms with Crippen LogP contribution in [0.2, 0.25) is 0 Å². The summed E-state index contributed by atoms with van der Waals surface area (Å²) >= 11 is 0. The Labute approximate surface area is 91.7 Å². The van der Waals surface area contributed by atoms with Gasteiger partial charge in [0.15, 0.2) is 6.79 Å². The lowest BCUT2D eigenvalue weighted by Gasteiger charge is -2.13. The minimum Gasteiger partial charge on any atom is -0.354 e. The molecule has 1 N–H and O–H groups in total. The zero-order valence-corrected chi connectivity index (χ0v) is 10.1. The zero-order valence-electron chi connectivity index (χ0n) is 9.31. The van der Waals surface area contributed by atoms with Crippen LogP contribution in [0.25, 0.3) is 0 Å². The fraction of sp³-hybridized carbons (Fsp3) is 1.00. The molecular weight excluding hydrogens is 220 g/mol. The summed E-state index contributed by atoms with van der Waals surface area (Å²) in [6.45, 7) is 4.23. The third-order valence-electron chi connectivity index (χ3n) is 2.18. The topological polar surface area (TPSA) is 72.8 Å². The van der Waals surface area contributed by atoms with E-state index in [0.717, 1.165) is 25.7 Å². The minimum absolute atomic E-state index is 0.415. The molecule has 0 amide bonds. The molecule has 0 saturated heterocycles. The highest BCUT2D eigenvalue weighted by Gasteiger charge is 2.08.